The molecule has 0 bridgehead atoms. The molecule has 0 atom stereocenters. The molecule has 2 heterocycles. The molecule has 1 aromatic heterocycles. The molecule has 1 aliphatic rings. The van der Waals surface area contributed by atoms with E-state index in [9.17, 15) is 13.2 Å². The number of rotatable bonds is 6. The summed E-state index contributed by atoms with van der Waals surface area (Å²) in [5, 5.41) is 3.66. The second-order valence-corrected chi connectivity index (χ2v) is 11.5. The number of benzene rings is 1. The summed E-state index contributed by atoms with van der Waals surface area (Å²) in [7, 11) is -3.71. The van der Waals surface area contributed by atoms with Gasteiger partial charge in [-0.1, -0.05) is 20.8 Å². The highest BCUT2D eigenvalue weighted by atomic mass is 32.2. The van der Waals surface area contributed by atoms with E-state index < -0.39 is 10.0 Å². The van der Waals surface area contributed by atoms with Crippen LogP contribution in [-0.4, -0.2) is 56.0 Å². The molecule has 1 aromatic carbocycles. The van der Waals surface area contributed by atoms with Crippen LogP contribution in [-0.2, 0) is 20.2 Å². The Hall–Kier alpha value is -2.01. The smallest absolute Gasteiger partial charge is 0.267 e. The average molecular weight is 468 g/mol. The van der Waals surface area contributed by atoms with E-state index in [2.05, 4.69) is 10.3 Å². The molecule has 10 heteroatoms. The number of anilines is 1. The SMILES string of the molecule is CC(C)Oc1ccc(S(=O)(=O)N2CCOCC2)cc1NC(=O)c1cnc(C(C)(C)C)s1. The Morgan fingerprint density at radius 1 is 1.26 bits per heavy atom. The van der Waals surface area contributed by atoms with Crippen molar-refractivity contribution in [1.82, 2.24) is 9.29 Å². The van der Waals surface area contributed by atoms with Crippen LogP contribution in [0.2, 0.25) is 0 Å². The van der Waals surface area contributed by atoms with Gasteiger partial charge in [-0.05, 0) is 32.0 Å². The van der Waals surface area contributed by atoms with E-state index in [4.69, 9.17) is 9.47 Å². The lowest BCUT2D eigenvalue weighted by molar-refractivity contribution is 0.0730. The van der Waals surface area contributed by atoms with Crippen LogP contribution in [0.5, 0.6) is 5.75 Å². The standard InChI is InChI=1S/C21H29N3O5S2/c1-14(2)29-17-7-6-15(31(26,27)24-8-10-28-11-9-24)12-16(17)23-19(25)18-13-22-20(30-18)21(3,4)5/h6-7,12-14H,8-11H2,1-5H3,(H,23,25). The topological polar surface area (TPSA) is 97.8 Å². The predicted molar refractivity (Wildman–Crippen MR) is 121 cm³/mol. The largest absolute Gasteiger partial charge is 0.489 e. The highest BCUT2D eigenvalue weighted by molar-refractivity contribution is 7.89. The van der Waals surface area contributed by atoms with Crippen LogP contribution in [0.3, 0.4) is 0 Å². The molecule has 8 nitrogen and oxygen atoms in total. The quantitative estimate of drug-likeness (QED) is 0.698. The van der Waals surface area contributed by atoms with Crippen LogP contribution < -0.4 is 10.1 Å². The minimum absolute atomic E-state index is 0.0977. The molecule has 0 aliphatic carbocycles. The summed E-state index contributed by atoms with van der Waals surface area (Å²) in [6, 6.07) is 4.53. The normalized spacial score (nSPS) is 15.8. The minimum atomic E-state index is -3.71. The van der Waals surface area contributed by atoms with E-state index in [0.717, 1.165) is 5.01 Å². The van der Waals surface area contributed by atoms with Gasteiger partial charge in [-0.2, -0.15) is 4.31 Å². The Balaban J connectivity index is 1.92. The second-order valence-electron chi connectivity index (χ2n) is 8.57. The van der Waals surface area contributed by atoms with Gasteiger partial charge in [0.2, 0.25) is 10.0 Å². The summed E-state index contributed by atoms with van der Waals surface area (Å²) >= 11 is 1.32. The fourth-order valence-corrected chi connectivity index (χ4v) is 5.27. The zero-order valence-electron chi connectivity index (χ0n) is 18.5. The van der Waals surface area contributed by atoms with E-state index >= 15 is 0 Å². The molecule has 0 unspecified atom stereocenters. The van der Waals surface area contributed by atoms with Gasteiger partial charge in [0.25, 0.3) is 5.91 Å². The number of carbonyl (C=O) groups excluding carboxylic acids is 1. The Morgan fingerprint density at radius 2 is 1.94 bits per heavy atom. The molecule has 1 fully saturated rings. The molecule has 1 amide bonds. The van der Waals surface area contributed by atoms with Crippen molar-refractivity contribution in [3.05, 3.63) is 34.3 Å². The zero-order valence-corrected chi connectivity index (χ0v) is 20.1. The van der Waals surface area contributed by atoms with Crippen LogP contribution in [0, 0.1) is 0 Å². The highest BCUT2D eigenvalue weighted by Crippen LogP contribution is 2.32. The summed E-state index contributed by atoms with van der Waals surface area (Å²) < 4.78 is 38.5. The summed E-state index contributed by atoms with van der Waals surface area (Å²) in [6.07, 6.45) is 1.39. The van der Waals surface area contributed by atoms with Crippen molar-refractivity contribution in [3.8, 4) is 5.75 Å². The number of aromatic nitrogens is 1. The summed E-state index contributed by atoms with van der Waals surface area (Å²) in [6.45, 7) is 11.1. The van der Waals surface area contributed by atoms with E-state index in [1.165, 1.54) is 34.0 Å². The number of hydrogen-bond acceptors (Lipinski definition) is 7. The summed E-state index contributed by atoms with van der Waals surface area (Å²) in [5.41, 5.74) is 0.139. The molecule has 0 spiro atoms. The average Bonchev–Trinajstić information content (AvgIpc) is 3.20. The van der Waals surface area contributed by atoms with Crippen LogP contribution in [0.15, 0.2) is 29.3 Å². The Labute approximate surface area is 187 Å². The fourth-order valence-electron chi connectivity index (χ4n) is 2.97. The first-order chi connectivity index (χ1) is 14.5. The molecule has 1 aliphatic heterocycles. The zero-order chi connectivity index (χ0) is 22.8. The highest BCUT2D eigenvalue weighted by Gasteiger charge is 2.28. The van der Waals surface area contributed by atoms with E-state index in [-0.39, 0.29) is 22.3 Å². The molecular weight excluding hydrogens is 438 g/mol. The van der Waals surface area contributed by atoms with Crippen molar-refractivity contribution in [2.75, 3.05) is 31.6 Å². The maximum absolute atomic E-state index is 13.1. The number of thiazole rings is 1. The van der Waals surface area contributed by atoms with Gasteiger partial charge in [-0.3, -0.25) is 4.79 Å². The number of nitrogens with one attached hydrogen (secondary N) is 1. The number of sulfonamides is 1. The first kappa shape index (κ1) is 23.6. The maximum Gasteiger partial charge on any atom is 0.267 e. The van der Waals surface area contributed by atoms with Gasteiger partial charge < -0.3 is 14.8 Å². The lowest BCUT2D eigenvalue weighted by Crippen LogP contribution is -2.40. The minimum Gasteiger partial charge on any atom is -0.489 e. The first-order valence-corrected chi connectivity index (χ1v) is 12.4. The van der Waals surface area contributed by atoms with Crippen molar-refractivity contribution >= 4 is 33.0 Å². The van der Waals surface area contributed by atoms with Crippen LogP contribution in [0.25, 0.3) is 0 Å². The third-order valence-corrected chi connectivity index (χ3v) is 7.86. The number of ether oxygens (including phenoxy) is 2. The molecule has 170 valence electrons. The Kier molecular flexibility index (Phi) is 7.04. The van der Waals surface area contributed by atoms with Gasteiger partial charge >= 0.3 is 0 Å². The van der Waals surface area contributed by atoms with Gasteiger partial charge in [-0.15, -0.1) is 11.3 Å². The van der Waals surface area contributed by atoms with Crippen molar-refractivity contribution in [2.45, 2.75) is 51.0 Å². The molecule has 0 radical (unpaired) electrons. The molecule has 2 aromatic rings. The Morgan fingerprint density at radius 3 is 2.52 bits per heavy atom. The van der Waals surface area contributed by atoms with Crippen molar-refractivity contribution in [1.29, 1.82) is 0 Å². The molecule has 1 saturated heterocycles. The van der Waals surface area contributed by atoms with Crippen LogP contribution in [0.1, 0.15) is 49.3 Å². The van der Waals surface area contributed by atoms with Crippen molar-refractivity contribution in [3.63, 3.8) is 0 Å². The monoisotopic (exact) mass is 467 g/mol. The van der Waals surface area contributed by atoms with E-state index in [0.29, 0.717) is 42.6 Å². The number of hydrogen-bond donors (Lipinski definition) is 1. The predicted octanol–water partition coefficient (Wildman–Crippen LogP) is 3.50. The van der Waals surface area contributed by atoms with Crippen LogP contribution in [0.4, 0.5) is 5.69 Å². The first-order valence-electron chi connectivity index (χ1n) is 10.1. The van der Waals surface area contributed by atoms with E-state index in [1.807, 2.05) is 34.6 Å². The number of amides is 1. The third kappa shape index (κ3) is 5.62. The van der Waals surface area contributed by atoms with Gasteiger partial charge in [-0.25, -0.2) is 13.4 Å². The molecule has 31 heavy (non-hydrogen) atoms. The summed E-state index contributed by atoms with van der Waals surface area (Å²) in [5.74, 6) is 0.0485. The molecule has 3 rings (SSSR count). The number of nitrogens with zero attached hydrogens (tertiary/aromatic N) is 2. The maximum atomic E-state index is 13.1. The summed E-state index contributed by atoms with van der Waals surface area (Å²) in [4.78, 5) is 17.8. The molecule has 0 saturated carbocycles. The second kappa shape index (κ2) is 9.23. The van der Waals surface area contributed by atoms with Gasteiger partial charge in [0.15, 0.2) is 0 Å². The lowest BCUT2D eigenvalue weighted by Gasteiger charge is -2.26. The van der Waals surface area contributed by atoms with Crippen LogP contribution >= 0.6 is 11.3 Å². The number of carbonyl (C=O) groups is 1. The lowest BCUT2D eigenvalue weighted by atomic mass is 9.98. The number of morpholine rings is 1. The van der Waals surface area contributed by atoms with E-state index in [1.54, 1.807) is 6.07 Å². The van der Waals surface area contributed by atoms with Crippen molar-refractivity contribution in [2.24, 2.45) is 0 Å². The molecule has 1 N–H and O–H groups in total. The van der Waals surface area contributed by atoms with Gasteiger partial charge in [0.1, 0.15) is 10.6 Å². The van der Waals surface area contributed by atoms with Crippen molar-refractivity contribution < 1.29 is 22.7 Å². The van der Waals surface area contributed by atoms with Gasteiger partial charge in [0, 0.05) is 18.5 Å². The fraction of sp³-hybridized carbons (Fsp3) is 0.524. The Bertz CT molecular complexity index is 1040. The van der Waals surface area contributed by atoms with Gasteiger partial charge in [0.05, 0.1) is 41.1 Å². The third-order valence-electron chi connectivity index (χ3n) is 4.54. The molecular formula is C21H29N3O5S2.